The van der Waals surface area contributed by atoms with Gasteiger partial charge < -0.3 is 15.4 Å². The molecule has 1 aliphatic heterocycles. The smallest absolute Gasteiger partial charge is 0.222 e. The van der Waals surface area contributed by atoms with Crippen molar-refractivity contribution in [3.63, 3.8) is 0 Å². The van der Waals surface area contributed by atoms with E-state index in [0.717, 1.165) is 25.9 Å². The lowest BCUT2D eigenvalue weighted by Crippen LogP contribution is -2.45. The van der Waals surface area contributed by atoms with Gasteiger partial charge in [-0.25, -0.2) is 0 Å². The highest BCUT2D eigenvalue weighted by molar-refractivity contribution is 5.76. The fraction of sp³-hybridized carbons (Fsp3) is 0.900. The van der Waals surface area contributed by atoms with E-state index in [1.165, 1.54) is 0 Å². The predicted octanol–water partition coefficient (Wildman–Crippen LogP) is 0.281. The molecule has 82 valence electrons. The van der Waals surface area contributed by atoms with Crippen LogP contribution in [0.3, 0.4) is 0 Å². The first kappa shape index (κ1) is 11.5. The number of ether oxygens (including phenoxy) is 1. The molecule has 1 fully saturated rings. The second-order valence-electron chi connectivity index (χ2n) is 3.56. The van der Waals surface area contributed by atoms with Crippen molar-refractivity contribution in [3.05, 3.63) is 0 Å². The lowest BCUT2D eigenvalue weighted by molar-refractivity contribution is -0.122. The molecule has 1 atom stereocenters. The van der Waals surface area contributed by atoms with Crippen molar-refractivity contribution in [2.45, 2.75) is 32.2 Å². The minimum absolute atomic E-state index is 0.104. The van der Waals surface area contributed by atoms with Gasteiger partial charge in [-0.15, -0.1) is 0 Å². The first-order valence-corrected chi connectivity index (χ1v) is 5.40. The maximum atomic E-state index is 11.4. The Kier molecular flexibility index (Phi) is 5.56. The molecule has 1 saturated heterocycles. The van der Waals surface area contributed by atoms with Crippen LogP contribution in [0.5, 0.6) is 0 Å². The van der Waals surface area contributed by atoms with Crippen molar-refractivity contribution < 1.29 is 9.53 Å². The van der Waals surface area contributed by atoms with Crippen molar-refractivity contribution in [1.82, 2.24) is 10.6 Å². The quantitative estimate of drug-likeness (QED) is 0.627. The standard InChI is InChI=1S/C10H20N2O2/c1-2-14-7-5-10(13)12-9-4-3-6-11-8-9/h9,11H,2-8H2,1H3,(H,12,13). The van der Waals surface area contributed by atoms with Gasteiger partial charge in [0.2, 0.25) is 5.91 Å². The topological polar surface area (TPSA) is 50.4 Å². The average molecular weight is 200 g/mol. The van der Waals surface area contributed by atoms with Crippen LogP contribution in [0.4, 0.5) is 0 Å². The number of hydrogen-bond acceptors (Lipinski definition) is 3. The second-order valence-corrected chi connectivity index (χ2v) is 3.56. The van der Waals surface area contributed by atoms with Crippen molar-refractivity contribution in [3.8, 4) is 0 Å². The van der Waals surface area contributed by atoms with Crippen molar-refractivity contribution in [1.29, 1.82) is 0 Å². The Morgan fingerprint density at radius 2 is 2.50 bits per heavy atom. The Hall–Kier alpha value is -0.610. The molecule has 0 aliphatic carbocycles. The van der Waals surface area contributed by atoms with E-state index in [1.54, 1.807) is 0 Å². The summed E-state index contributed by atoms with van der Waals surface area (Å²) in [6, 6.07) is 0.317. The number of hydrogen-bond donors (Lipinski definition) is 2. The highest BCUT2D eigenvalue weighted by Gasteiger charge is 2.14. The zero-order valence-electron chi connectivity index (χ0n) is 8.84. The van der Waals surface area contributed by atoms with Crippen LogP contribution >= 0.6 is 0 Å². The van der Waals surface area contributed by atoms with Crippen LogP contribution in [0.25, 0.3) is 0 Å². The summed E-state index contributed by atoms with van der Waals surface area (Å²) < 4.78 is 5.12. The molecule has 0 aromatic heterocycles. The Balaban J connectivity index is 2.06. The Bertz CT molecular complexity index is 168. The fourth-order valence-electron chi connectivity index (χ4n) is 1.58. The van der Waals surface area contributed by atoms with Crippen LogP contribution in [0, 0.1) is 0 Å². The third-order valence-corrected chi connectivity index (χ3v) is 2.34. The number of rotatable bonds is 5. The van der Waals surface area contributed by atoms with E-state index in [-0.39, 0.29) is 5.91 Å². The highest BCUT2D eigenvalue weighted by Crippen LogP contribution is 2.01. The molecule has 1 heterocycles. The van der Waals surface area contributed by atoms with Crippen LogP contribution < -0.4 is 10.6 Å². The molecule has 1 rings (SSSR count). The van der Waals surface area contributed by atoms with Gasteiger partial charge in [0.15, 0.2) is 0 Å². The average Bonchev–Trinajstić information content (AvgIpc) is 2.20. The van der Waals surface area contributed by atoms with Gasteiger partial charge in [-0.1, -0.05) is 0 Å². The number of amides is 1. The van der Waals surface area contributed by atoms with Crippen LogP contribution in [0.15, 0.2) is 0 Å². The molecular formula is C10H20N2O2. The number of carbonyl (C=O) groups is 1. The molecule has 1 aliphatic rings. The van der Waals surface area contributed by atoms with Gasteiger partial charge in [-0.2, -0.15) is 0 Å². The maximum absolute atomic E-state index is 11.4. The van der Waals surface area contributed by atoms with Gasteiger partial charge in [-0.3, -0.25) is 4.79 Å². The van der Waals surface area contributed by atoms with E-state index in [2.05, 4.69) is 10.6 Å². The van der Waals surface area contributed by atoms with E-state index in [1.807, 2.05) is 6.92 Å². The van der Waals surface area contributed by atoms with Crippen LogP contribution in [0.2, 0.25) is 0 Å². The molecule has 14 heavy (non-hydrogen) atoms. The third-order valence-electron chi connectivity index (χ3n) is 2.34. The van der Waals surface area contributed by atoms with Gasteiger partial charge in [-0.05, 0) is 26.3 Å². The summed E-state index contributed by atoms with van der Waals surface area (Å²) in [4.78, 5) is 11.4. The molecule has 0 radical (unpaired) electrons. The van der Waals surface area contributed by atoms with Crippen LogP contribution in [-0.2, 0) is 9.53 Å². The molecule has 4 heteroatoms. The monoisotopic (exact) mass is 200 g/mol. The summed E-state index contributed by atoms with van der Waals surface area (Å²) in [7, 11) is 0. The SMILES string of the molecule is CCOCCC(=O)NC1CCCNC1. The van der Waals surface area contributed by atoms with E-state index in [0.29, 0.717) is 25.7 Å². The van der Waals surface area contributed by atoms with Crippen molar-refractivity contribution in [2.24, 2.45) is 0 Å². The van der Waals surface area contributed by atoms with E-state index < -0.39 is 0 Å². The highest BCUT2D eigenvalue weighted by atomic mass is 16.5. The van der Waals surface area contributed by atoms with E-state index in [4.69, 9.17) is 4.74 Å². The molecule has 1 amide bonds. The maximum Gasteiger partial charge on any atom is 0.222 e. The molecular weight excluding hydrogens is 180 g/mol. The van der Waals surface area contributed by atoms with E-state index >= 15 is 0 Å². The first-order chi connectivity index (χ1) is 6.83. The van der Waals surface area contributed by atoms with Gasteiger partial charge in [0.05, 0.1) is 6.61 Å². The van der Waals surface area contributed by atoms with Gasteiger partial charge in [0.1, 0.15) is 0 Å². The van der Waals surface area contributed by atoms with Gasteiger partial charge in [0, 0.05) is 25.6 Å². The van der Waals surface area contributed by atoms with Crippen LogP contribution in [-0.4, -0.2) is 38.3 Å². The Morgan fingerprint density at radius 1 is 1.64 bits per heavy atom. The van der Waals surface area contributed by atoms with Crippen molar-refractivity contribution >= 4 is 5.91 Å². The van der Waals surface area contributed by atoms with Crippen molar-refractivity contribution in [2.75, 3.05) is 26.3 Å². The van der Waals surface area contributed by atoms with Gasteiger partial charge >= 0.3 is 0 Å². The number of nitrogens with one attached hydrogen (secondary N) is 2. The minimum Gasteiger partial charge on any atom is -0.381 e. The summed E-state index contributed by atoms with van der Waals surface area (Å²) in [5.41, 5.74) is 0. The summed E-state index contributed by atoms with van der Waals surface area (Å²) in [6.07, 6.45) is 2.72. The minimum atomic E-state index is 0.104. The molecule has 0 saturated carbocycles. The second kappa shape index (κ2) is 6.79. The summed E-state index contributed by atoms with van der Waals surface area (Å²) in [6.45, 7) is 5.12. The normalized spacial score (nSPS) is 21.9. The zero-order chi connectivity index (χ0) is 10.2. The molecule has 0 spiro atoms. The molecule has 4 nitrogen and oxygen atoms in total. The van der Waals surface area contributed by atoms with E-state index in [9.17, 15) is 4.79 Å². The van der Waals surface area contributed by atoms with Gasteiger partial charge in [0.25, 0.3) is 0 Å². The fourth-order valence-corrected chi connectivity index (χ4v) is 1.58. The molecule has 2 N–H and O–H groups in total. The first-order valence-electron chi connectivity index (χ1n) is 5.40. The Labute approximate surface area is 85.4 Å². The summed E-state index contributed by atoms with van der Waals surface area (Å²) in [5.74, 6) is 0.104. The summed E-state index contributed by atoms with van der Waals surface area (Å²) >= 11 is 0. The third kappa shape index (κ3) is 4.58. The zero-order valence-corrected chi connectivity index (χ0v) is 8.84. The Morgan fingerprint density at radius 3 is 3.14 bits per heavy atom. The molecule has 1 unspecified atom stereocenters. The molecule has 0 aromatic rings. The lowest BCUT2D eigenvalue weighted by atomic mass is 10.1. The lowest BCUT2D eigenvalue weighted by Gasteiger charge is -2.23. The number of carbonyl (C=O) groups excluding carboxylic acids is 1. The summed E-state index contributed by atoms with van der Waals surface area (Å²) in [5, 5.41) is 6.26. The van der Waals surface area contributed by atoms with Crippen LogP contribution in [0.1, 0.15) is 26.2 Å². The predicted molar refractivity (Wildman–Crippen MR) is 55.1 cm³/mol. The number of piperidine rings is 1. The molecule has 0 aromatic carbocycles. The molecule has 0 bridgehead atoms. The largest absolute Gasteiger partial charge is 0.381 e.